The average molecular weight is 1100 g/mol. The van der Waals surface area contributed by atoms with E-state index in [4.69, 9.17) is 14.2 Å². The number of unbranched alkanes of at least 4 members (excludes halogenated alkanes) is 28. The minimum atomic E-state index is -0.811. The summed E-state index contributed by atoms with van der Waals surface area (Å²) in [5.41, 5.74) is 0. The highest BCUT2D eigenvalue weighted by Gasteiger charge is 2.19. The Morgan fingerprint density at radius 1 is 0.266 bits per heavy atom. The second kappa shape index (κ2) is 66.3. The van der Waals surface area contributed by atoms with Crippen LogP contribution in [-0.4, -0.2) is 37.2 Å². The third kappa shape index (κ3) is 64.5. The zero-order valence-corrected chi connectivity index (χ0v) is 51.6. The number of carbonyl (C=O) groups is 3. The van der Waals surface area contributed by atoms with Gasteiger partial charge in [0.05, 0.1) is 0 Å². The number of allylic oxidation sites excluding steroid dienone is 20. The molecular weight excluding hydrogens is 973 g/mol. The van der Waals surface area contributed by atoms with Gasteiger partial charge in [-0.3, -0.25) is 14.4 Å². The first-order chi connectivity index (χ1) is 39.0. The van der Waals surface area contributed by atoms with Gasteiger partial charge in [0.2, 0.25) is 0 Å². The van der Waals surface area contributed by atoms with Crippen LogP contribution in [0.2, 0.25) is 0 Å². The number of hydrogen-bond acceptors (Lipinski definition) is 6. The summed E-state index contributed by atoms with van der Waals surface area (Å²) < 4.78 is 16.9. The van der Waals surface area contributed by atoms with E-state index in [0.717, 1.165) is 128 Å². The van der Waals surface area contributed by atoms with Crippen molar-refractivity contribution in [3.8, 4) is 0 Å². The van der Waals surface area contributed by atoms with Crippen molar-refractivity contribution in [2.24, 2.45) is 0 Å². The lowest BCUT2D eigenvalue weighted by Gasteiger charge is -2.18. The highest BCUT2D eigenvalue weighted by atomic mass is 16.6. The van der Waals surface area contributed by atoms with Crippen LogP contribution < -0.4 is 0 Å². The van der Waals surface area contributed by atoms with Gasteiger partial charge < -0.3 is 14.2 Å². The standard InChI is InChI=1S/C73H122O6/c1-4-7-10-13-16-19-22-25-27-29-31-33-34-35-36-37-38-40-41-43-45-48-51-54-57-60-63-66-72(75)78-69-70(68-77-71(74)65-62-59-56-53-50-47-24-21-18-15-12-9-6-3)79-73(76)67-64-61-58-55-52-49-46-44-42-39-32-30-28-26-23-20-17-14-11-8-5-2/h8,11-12,15,17,20-22,24-26,28-29,31-32,39,44,46,52,55,70H,4-7,9-10,13-14,16,18-19,23,27,30,33-38,40-43,45,47-51,53-54,56-69H2,1-3H3/b11-8-,15-12-,20-17-,24-21-,25-22-,28-26-,31-29-,39-32-,46-44-,55-52-. The number of ether oxygens (including phenoxy) is 3. The van der Waals surface area contributed by atoms with Gasteiger partial charge in [-0.2, -0.15) is 0 Å². The molecule has 450 valence electrons. The largest absolute Gasteiger partial charge is 0.462 e. The minimum Gasteiger partial charge on any atom is -0.462 e. The predicted octanol–water partition coefficient (Wildman–Crippen LogP) is 22.8. The molecule has 1 unspecified atom stereocenters. The van der Waals surface area contributed by atoms with E-state index in [2.05, 4.69) is 142 Å². The molecule has 6 heteroatoms. The van der Waals surface area contributed by atoms with Crippen LogP contribution in [0, 0.1) is 0 Å². The first-order valence-corrected chi connectivity index (χ1v) is 33.0. The van der Waals surface area contributed by atoms with Crippen molar-refractivity contribution in [2.75, 3.05) is 13.2 Å². The summed E-state index contributed by atoms with van der Waals surface area (Å²) in [6.45, 7) is 6.42. The molecule has 79 heavy (non-hydrogen) atoms. The van der Waals surface area contributed by atoms with E-state index in [1.165, 1.54) is 128 Å². The number of carbonyl (C=O) groups excluding carboxylic acids is 3. The molecule has 1 atom stereocenters. The topological polar surface area (TPSA) is 78.9 Å². The summed E-state index contributed by atoms with van der Waals surface area (Å²) in [6.07, 6.45) is 92.2. The lowest BCUT2D eigenvalue weighted by Crippen LogP contribution is -2.30. The van der Waals surface area contributed by atoms with E-state index in [1.807, 2.05) is 0 Å². The number of hydrogen-bond donors (Lipinski definition) is 0. The minimum absolute atomic E-state index is 0.102. The van der Waals surface area contributed by atoms with E-state index < -0.39 is 6.10 Å². The fourth-order valence-corrected chi connectivity index (χ4v) is 8.99. The van der Waals surface area contributed by atoms with Crippen molar-refractivity contribution in [3.05, 3.63) is 122 Å². The highest BCUT2D eigenvalue weighted by Crippen LogP contribution is 2.16. The molecular formula is C73H122O6. The smallest absolute Gasteiger partial charge is 0.306 e. The summed E-state index contributed by atoms with van der Waals surface area (Å²) >= 11 is 0. The molecule has 0 rings (SSSR count). The third-order valence-corrected chi connectivity index (χ3v) is 13.9. The maximum absolute atomic E-state index is 12.9. The highest BCUT2D eigenvalue weighted by molar-refractivity contribution is 5.71. The second-order valence-electron chi connectivity index (χ2n) is 21.6. The summed E-state index contributed by atoms with van der Waals surface area (Å²) in [5, 5.41) is 0. The Morgan fingerprint density at radius 3 is 0.848 bits per heavy atom. The first kappa shape index (κ1) is 74.8. The fraction of sp³-hybridized carbons (Fsp3) is 0.685. The fourth-order valence-electron chi connectivity index (χ4n) is 8.99. The molecule has 0 aromatic rings. The van der Waals surface area contributed by atoms with E-state index in [9.17, 15) is 14.4 Å². The van der Waals surface area contributed by atoms with Crippen LogP contribution in [-0.2, 0) is 28.6 Å². The Labute approximate surface area is 488 Å². The summed E-state index contributed by atoms with van der Waals surface area (Å²) in [5.74, 6) is -0.955. The van der Waals surface area contributed by atoms with E-state index in [1.54, 1.807) is 0 Å². The molecule has 0 spiro atoms. The molecule has 6 nitrogen and oxygen atoms in total. The van der Waals surface area contributed by atoms with Crippen LogP contribution in [0.3, 0.4) is 0 Å². The molecule has 0 radical (unpaired) electrons. The monoisotopic (exact) mass is 1090 g/mol. The van der Waals surface area contributed by atoms with Gasteiger partial charge in [-0.05, 0) is 128 Å². The number of esters is 3. The third-order valence-electron chi connectivity index (χ3n) is 13.9. The van der Waals surface area contributed by atoms with Crippen LogP contribution in [0.25, 0.3) is 0 Å². The molecule has 0 saturated heterocycles. The van der Waals surface area contributed by atoms with Gasteiger partial charge in [0.1, 0.15) is 13.2 Å². The van der Waals surface area contributed by atoms with Gasteiger partial charge in [-0.15, -0.1) is 0 Å². The Balaban J connectivity index is 4.36. The van der Waals surface area contributed by atoms with Gasteiger partial charge in [-0.25, -0.2) is 0 Å². The molecule has 0 bridgehead atoms. The lowest BCUT2D eigenvalue weighted by atomic mass is 10.0. The Kier molecular flexibility index (Phi) is 62.8. The molecule has 0 N–H and O–H groups in total. The zero-order chi connectivity index (χ0) is 57.1. The summed E-state index contributed by atoms with van der Waals surface area (Å²) in [6, 6.07) is 0. The van der Waals surface area contributed by atoms with Crippen molar-refractivity contribution in [3.63, 3.8) is 0 Å². The van der Waals surface area contributed by atoms with Gasteiger partial charge >= 0.3 is 17.9 Å². The van der Waals surface area contributed by atoms with E-state index >= 15 is 0 Å². The molecule has 0 aliphatic rings. The Bertz CT molecular complexity index is 1640. The van der Waals surface area contributed by atoms with Gasteiger partial charge in [-0.1, -0.05) is 277 Å². The maximum atomic E-state index is 12.9. The van der Waals surface area contributed by atoms with Crippen molar-refractivity contribution < 1.29 is 28.6 Å². The number of rotatable bonds is 59. The SMILES string of the molecule is CC/C=C\C/C=C\C/C=C\C/C=C\C/C=C\C/C=C\CCCCC(=O)OC(COC(=O)CCCCCCC/C=C\C/C=C\CCC)COC(=O)CCCCCCCCCCCCCCCCC/C=C\C/C=C\CCCCCCC. The van der Waals surface area contributed by atoms with Gasteiger partial charge in [0.15, 0.2) is 6.10 Å². The predicted molar refractivity (Wildman–Crippen MR) is 343 cm³/mol. The average Bonchev–Trinajstić information content (AvgIpc) is 3.45. The van der Waals surface area contributed by atoms with Crippen molar-refractivity contribution in [1.82, 2.24) is 0 Å². The van der Waals surface area contributed by atoms with Crippen LogP contribution in [0.5, 0.6) is 0 Å². The first-order valence-electron chi connectivity index (χ1n) is 33.0. The summed E-state index contributed by atoms with van der Waals surface area (Å²) in [7, 11) is 0. The van der Waals surface area contributed by atoms with E-state index in [0.29, 0.717) is 19.3 Å². The Morgan fingerprint density at radius 2 is 0.519 bits per heavy atom. The molecule has 0 fully saturated rings. The molecule has 0 aromatic carbocycles. The van der Waals surface area contributed by atoms with Crippen LogP contribution >= 0.6 is 0 Å². The molecule has 0 aliphatic carbocycles. The quantitative estimate of drug-likeness (QED) is 0.0261. The maximum Gasteiger partial charge on any atom is 0.306 e. The van der Waals surface area contributed by atoms with Crippen LogP contribution in [0.1, 0.15) is 303 Å². The molecule has 0 heterocycles. The zero-order valence-electron chi connectivity index (χ0n) is 51.6. The lowest BCUT2D eigenvalue weighted by molar-refractivity contribution is -0.167. The summed E-state index contributed by atoms with van der Waals surface area (Å²) in [4.78, 5) is 38.3. The molecule has 0 amide bonds. The molecule has 0 saturated carbocycles. The normalized spacial score (nSPS) is 12.9. The molecule has 0 aromatic heterocycles. The van der Waals surface area contributed by atoms with E-state index in [-0.39, 0.29) is 37.5 Å². The molecule has 0 aliphatic heterocycles. The van der Waals surface area contributed by atoms with Crippen molar-refractivity contribution in [2.45, 2.75) is 309 Å². The second-order valence-corrected chi connectivity index (χ2v) is 21.6. The van der Waals surface area contributed by atoms with Crippen LogP contribution in [0.15, 0.2) is 122 Å². The van der Waals surface area contributed by atoms with Gasteiger partial charge in [0, 0.05) is 19.3 Å². The van der Waals surface area contributed by atoms with Crippen molar-refractivity contribution >= 4 is 17.9 Å². The van der Waals surface area contributed by atoms with Crippen LogP contribution in [0.4, 0.5) is 0 Å². The Hall–Kier alpha value is -4.19. The van der Waals surface area contributed by atoms with Gasteiger partial charge in [0.25, 0.3) is 0 Å². The van der Waals surface area contributed by atoms with Crippen molar-refractivity contribution in [1.29, 1.82) is 0 Å².